The smallest absolute Gasteiger partial charge is 0.408 e. The van der Waals surface area contributed by atoms with E-state index in [0.29, 0.717) is 53.5 Å². The number of allylic oxidation sites excluding steroid dienone is 1. The number of carbonyl (C=O) groups is 4. The molecule has 0 unspecified atom stereocenters. The Labute approximate surface area is 357 Å². The molecule has 3 aliphatic carbocycles. The molecule has 3 saturated carbocycles. The molecule has 4 heterocycles. The lowest BCUT2D eigenvalue weighted by Gasteiger charge is -2.30. The van der Waals surface area contributed by atoms with E-state index in [4.69, 9.17) is 19.6 Å². The first-order chi connectivity index (χ1) is 29.9. The van der Waals surface area contributed by atoms with Gasteiger partial charge in [-0.25, -0.2) is 18.2 Å². The number of rotatable bonds is 9. The molecule has 2 aromatic carbocycles. The highest BCUT2D eigenvalue weighted by Crippen LogP contribution is 2.46. The number of nitro groups is 1. The Kier molecular flexibility index (Phi) is 11.1. The average Bonchev–Trinajstić information content (AvgIpc) is 4.06. The molecular weight excluding hydrogens is 821 g/mol. The zero-order valence-electron chi connectivity index (χ0n) is 33.9. The second-order valence-corrected chi connectivity index (χ2v) is 19.0. The molecule has 0 bridgehead atoms. The van der Waals surface area contributed by atoms with E-state index in [9.17, 15) is 37.7 Å². The molecule has 4 aromatic rings. The number of sulfonamides is 1. The summed E-state index contributed by atoms with van der Waals surface area (Å²) < 4.78 is 42.1. The van der Waals surface area contributed by atoms with Crippen molar-refractivity contribution in [2.45, 2.75) is 119 Å². The van der Waals surface area contributed by atoms with Crippen LogP contribution in [0.5, 0.6) is 5.88 Å². The number of nitro benzene ring substituents is 1. The molecule has 5 aliphatic rings. The van der Waals surface area contributed by atoms with Gasteiger partial charge in [-0.2, -0.15) is 9.61 Å². The Morgan fingerprint density at radius 3 is 2.47 bits per heavy atom. The molecule has 326 valence electrons. The Balaban J connectivity index is 1.05. The van der Waals surface area contributed by atoms with E-state index < -0.39 is 73.7 Å². The van der Waals surface area contributed by atoms with E-state index in [1.54, 1.807) is 18.2 Å². The Morgan fingerprint density at radius 1 is 0.952 bits per heavy atom. The first-order valence-corrected chi connectivity index (χ1v) is 23.0. The summed E-state index contributed by atoms with van der Waals surface area (Å²) in [5.41, 5.74) is 0.425. The number of nitrogens with zero attached hydrogens (tertiary/aromatic N) is 5. The van der Waals surface area contributed by atoms with Crippen LogP contribution in [0.2, 0.25) is 0 Å². The van der Waals surface area contributed by atoms with Crippen molar-refractivity contribution in [3.8, 4) is 17.1 Å². The minimum Gasteiger partial charge on any atom is -0.472 e. The van der Waals surface area contributed by atoms with Crippen LogP contribution < -0.4 is 20.1 Å². The van der Waals surface area contributed by atoms with Crippen molar-refractivity contribution in [2.75, 3.05) is 6.54 Å². The Bertz CT molecular complexity index is 2570. The molecule has 0 spiro atoms. The summed E-state index contributed by atoms with van der Waals surface area (Å²) >= 11 is 0. The lowest BCUT2D eigenvalue weighted by molar-refractivity contribution is -0.384. The Morgan fingerprint density at radius 2 is 1.71 bits per heavy atom. The van der Waals surface area contributed by atoms with Crippen molar-refractivity contribution in [1.82, 2.24) is 34.9 Å². The predicted octanol–water partition coefficient (Wildman–Crippen LogP) is 4.85. The van der Waals surface area contributed by atoms with Crippen molar-refractivity contribution in [3.05, 3.63) is 76.9 Å². The second kappa shape index (κ2) is 16.6. The van der Waals surface area contributed by atoms with Gasteiger partial charge in [-0.15, -0.1) is 0 Å². The van der Waals surface area contributed by atoms with Crippen LogP contribution in [0, 0.1) is 16.0 Å². The number of ether oxygens (including phenoxy) is 2. The van der Waals surface area contributed by atoms with E-state index in [-0.39, 0.29) is 43.5 Å². The number of alkyl carbamates (subject to hydrolysis) is 1. The molecule has 19 heteroatoms. The standard InChI is InChI=1S/C43H48N8O10S/c52-39-36-22-30(60-37-23-35(26-16-18-28(19-17-26)51(56)57)44-38-32-13-8-9-14-33(32)47-50(37)38)25-49(36)40(53)34(45-42(55)61-29-11-6-7-12-29)15-5-3-1-2-4-10-27-24-43(27,46-39)41(54)48-62(58,59)31-20-21-31/h4,8-10,13-14,16-19,23,27,29-31,34,36H,1-3,5-7,11-12,15,20-22,24-25H2,(H,45,55)(H,46,52)(H,48,54)/t27-,30-,34+,36+,43-/m1/s1. The van der Waals surface area contributed by atoms with Gasteiger partial charge in [0.05, 0.1) is 27.9 Å². The number of non-ortho nitro benzene ring substituents is 1. The van der Waals surface area contributed by atoms with E-state index in [0.717, 1.165) is 38.5 Å². The lowest BCUT2D eigenvalue weighted by Crippen LogP contribution is -2.58. The molecule has 62 heavy (non-hydrogen) atoms. The average molecular weight is 869 g/mol. The fraction of sp³-hybridized carbons (Fsp3) is 0.488. The van der Waals surface area contributed by atoms with Gasteiger partial charge in [-0.1, -0.05) is 37.1 Å². The van der Waals surface area contributed by atoms with Crippen LogP contribution in [0.4, 0.5) is 10.5 Å². The maximum absolute atomic E-state index is 14.8. The van der Waals surface area contributed by atoms with Gasteiger partial charge in [0.1, 0.15) is 29.8 Å². The second-order valence-electron chi connectivity index (χ2n) is 17.0. The number of hydrogen-bond acceptors (Lipinski definition) is 12. The van der Waals surface area contributed by atoms with Crippen LogP contribution in [0.25, 0.3) is 27.8 Å². The van der Waals surface area contributed by atoms with Crippen molar-refractivity contribution in [1.29, 1.82) is 0 Å². The summed E-state index contributed by atoms with van der Waals surface area (Å²) in [6.45, 7) is -0.0944. The van der Waals surface area contributed by atoms with E-state index in [2.05, 4.69) is 15.4 Å². The number of fused-ring (bicyclic) bond motifs is 5. The summed E-state index contributed by atoms with van der Waals surface area (Å²) in [6.07, 6.45) is 9.49. The van der Waals surface area contributed by atoms with Gasteiger partial charge in [0, 0.05) is 41.5 Å². The maximum atomic E-state index is 14.8. The molecule has 4 fully saturated rings. The maximum Gasteiger partial charge on any atom is 0.408 e. The van der Waals surface area contributed by atoms with Crippen LogP contribution in [-0.4, -0.2) is 98.3 Å². The van der Waals surface area contributed by atoms with Gasteiger partial charge in [-0.3, -0.25) is 29.2 Å². The summed E-state index contributed by atoms with van der Waals surface area (Å²) in [4.78, 5) is 73.7. The first-order valence-electron chi connectivity index (χ1n) is 21.4. The van der Waals surface area contributed by atoms with Crippen LogP contribution in [-0.2, 0) is 29.1 Å². The normalized spacial score (nSPS) is 25.9. The van der Waals surface area contributed by atoms with Crippen LogP contribution in [0.15, 0.2) is 66.7 Å². The van der Waals surface area contributed by atoms with E-state index in [1.165, 1.54) is 21.5 Å². The fourth-order valence-electron chi connectivity index (χ4n) is 8.94. The monoisotopic (exact) mass is 868 g/mol. The van der Waals surface area contributed by atoms with Gasteiger partial charge >= 0.3 is 6.09 Å². The van der Waals surface area contributed by atoms with Gasteiger partial charge in [0.2, 0.25) is 27.7 Å². The molecular formula is C43H48N8O10S. The highest BCUT2D eigenvalue weighted by molar-refractivity contribution is 7.91. The SMILES string of the molecule is O=C(N[C@H]1CCCCCC=C[C@@H]2C[C@@]2(C(=O)NS(=O)(=O)C2CC2)NC(=O)[C@@H]2C[C@@H](Oc3cc(-c4ccc([N+](=O)[O-])cc4)nc4c5ccccc5nn34)CN2C1=O)OC1CCCC1. The predicted molar refractivity (Wildman–Crippen MR) is 224 cm³/mol. The van der Waals surface area contributed by atoms with Crippen LogP contribution in [0.3, 0.4) is 0 Å². The van der Waals surface area contributed by atoms with Crippen molar-refractivity contribution in [3.63, 3.8) is 0 Å². The third kappa shape index (κ3) is 8.41. The third-order valence-corrected chi connectivity index (χ3v) is 14.4. The molecule has 4 amide bonds. The van der Waals surface area contributed by atoms with Crippen LogP contribution in [0.1, 0.15) is 83.5 Å². The molecule has 9 rings (SSSR count). The zero-order chi connectivity index (χ0) is 43.2. The number of nitrogens with one attached hydrogen (secondary N) is 3. The fourth-order valence-corrected chi connectivity index (χ4v) is 10.3. The summed E-state index contributed by atoms with van der Waals surface area (Å²) in [5.74, 6) is -2.26. The Hall–Kier alpha value is -6.11. The number of carbonyl (C=O) groups excluding carboxylic acids is 4. The molecule has 1 saturated heterocycles. The summed E-state index contributed by atoms with van der Waals surface area (Å²) in [5, 5.41) is 21.9. The molecule has 18 nitrogen and oxygen atoms in total. The number of benzene rings is 2. The summed E-state index contributed by atoms with van der Waals surface area (Å²) in [7, 11) is -3.94. The van der Waals surface area contributed by atoms with E-state index >= 15 is 0 Å². The molecule has 2 aliphatic heterocycles. The largest absolute Gasteiger partial charge is 0.472 e. The summed E-state index contributed by atoms with van der Waals surface area (Å²) in [6, 6.07) is 12.7. The van der Waals surface area contributed by atoms with E-state index in [1.807, 2.05) is 36.4 Å². The minimum atomic E-state index is -3.94. The van der Waals surface area contributed by atoms with Gasteiger partial charge in [0.25, 0.3) is 11.6 Å². The minimum absolute atomic E-state index is 0.0349. The number of aromatic nitrogens is 3. The van der Waals surface area contributed by atoms with Crippen molar-refractivity contribution in [2.24, 2.45) is 5.92 Å². The highest BCUT2D eigenvalue weighted by Gasteiger charge is 2.62. The van der Waals surface area contributed by atoms with Crippen LogP contribution >= 0.6 is 0 Å². The number of amides is 4. The molecule has 5 atom stereocenters. The zero-order valence-corrected chi connectivity index (χ0v) is 34.8. The molecule has 3 N–H and O–H groups in total. The van der Waals surface area contributed by atoms with Crippen molar-refractivity contribution < 1.29 is 42.0 Å². The van der Waals surface area contributed by atoms with Gasteiger partial charge in [-0.05, 0) is 88.5 Å². The molecule has 2 aromatic heterocycles. The highest BCUT2D eigenvalue weighted by atomic mass is 32.2. The third-order valence-electron chi connectivity index (χ3n) is 12.6. The molecule has 0 radical (unpaired) electrons. The first kappa shape index (κ1) is 41.3. The topological polar surface area (TPSA) is 234 Å². The lowest BCUT2D eigenvalue weighted by atomic mass is 10.0. The quantitative estimate of drug-likeness (QED) is 0.116. The number of hydrogen-bond donors (Lipinski definition) is 3. The van der Waals surface area contributed by atoms with Gasteiger partial charge < -0.3 is 25.0 Å². The van der Waals surface area contributed by atoms with Crippen molar-refractivity contribution >= 4 is 56.1 Å². The van der Waals surface area contributed by atoms with Gasteiger partial charge in [0.15, 0.2) is 5.65 Å².